The lowest BCUT2D eigenvalue weighted by atomic mass is 9.96. The number of benzene rings is 2. The number of hydrogen-bond acceptors (Lipinski definition) is 3. The van der Waals surface area contributed by atoms with E-state index in [0.717, 1.165) is 21.9 Å². The molecule has 0 radical (unpaired) electrons. The molecule has 1 atom stereocenters. The molecule has 0 fully saturated rings. The summed E-state index contributed by atoms with van der Waals surface area (Å²) in [5.41, 5.74) is 2.81. The van der Waals surface area contributed by atoms with Gasteiger partial charge in [0, 0.05) is 5.56 Å². The number of para-hydroxylation sites is 1. The lowest BCUT2D eigenvalue weighted by Crippen LogP contribution is -2.24. The van der Waals surface area contributed by atoms with Crippen LogP contribution in [0.15, 0.2) is 59.6 Å². The second kappa shape index (κ2) is 4.03. The molecule has 3 nitrogen and oxygen atoms in total. The van der Waals surface area contributed by atoms with E-state index >= 15 is 0 Å². The van der Waals surface area contributed by atoms with Crippen LogP contribution in [0.25, 0.3) is 0 Å². The van der Waals surface area contributed by atoms with Gasteiger partial charge >= 0.3 is 0 Å². The molecule has 0 spiro atoms. The summed E-state index contributed by atoms with van der Waals surface area (Å²) in [5, 5.41) is 12.8. The van der Waals surface area contributed by atoms with Crippen LogP contribution >= 0.6 is 0 Å². The van der Waals surface area contributed by atoms with Crippen LogP contribution in [0, 0.1) is 5.21 Å². The third-order valence-electron chi connectivity index (χ3n) is 2.91. The second-order valence-electron chi connectivity index (χ2n) is 3.98. The Labute approximate surface area is 99.6 Å². The normalized spacial score (nSPS) is 17.9. The van der Waals surface area contributed by atoms with E-state index in [2.05, 4.69) is 4.99 Å². The zero-order valence-corrected chi connectivity index (χ0v) is 9.15. The van der Waals surface area contributed by atoms with Crippen molar-refractivity contribution in [1.29, 1.82) is 0 Å². The molecule has 0 amide bonds. The van der Waals surface area contributed by atoms with E-state index in [-0.39, 0.29) is 6.04 Å². The largest absolute Gasteiger partial charge is 0.757 e. The average Bonchev–Trinajstić information content (AvgIpc) is 2.39. The first-order valence-electron chi connectivity index (χ1n) is 5.50. The van der Waals surface area contributed by atoms with Crippen LogP contribution in [-0.4, -0.2) is 11.4 Å². The molecule has 2 aromatic rings. The van der Waals surface area contributed by atoms with Gasteiger partial charge in [0.2, 0.25) is 0 Å². The first-order chi connectivity index (χ1) is 8.36. The van der Waals surface area contributed by atoms with Gasteiger partial charge in [-0.3, -0.25) is 0 Å². The summed E-state index contributed by atoms with van der Waals surface area (Å²) in [4.78, 5) is 4.14. The van der Waals surface area contributed by atoms with Crippen LogP contribution in [0.3, 0.4) is 0 Å². The van der Waals surface area contributed by atoms with Crippen LogP contribution < -0.4 is 0 Å². The van der Waals surface area contributed by atoms with Crippen LogP contribution in [0.1, 0.15) is 17.2 Å². The first kappa shape index (κ1) is 10.1. The lowest BCUT2D eigenvalue weighted by molar-refractivity contribution is 0.479. The Balaban J connectivity index is 2.13. The number of hydroxylamine groups is 2. The fraction of sp³-hybridized carbons (Fsp3) is 0.0714. The molecule has 84 valence electrons. The van der Waals surface area contributed by atoms with Gasteiger partial charge in [0.25, 0.3) is 0 Å². The highest BCUT2D eigenvalue weighted by molar-refractivity contribution is 5.70. The molecule has 17 heavy (non-hydrogen) atoms. The van der Waals surface area contributed by atoms with Gasteiger partial charge in [0.05, 0.1) is 18.1 Å². The zero-order chi connectivity index (χ0) is 11.7. The summed E-state index contributed by atoms with van der Waals surface area (Å²) in [6, 6.07) is 17.2. The van der Waals surface area contributed by atoms with E-state index in [4.69, 9.17) is 0 Å². The minimum absolute atomic E-state index is 0.287. The predicted molar refractivity (Wildman–Crippen MR) is 68.1 cm³/mol. The molecule has 0 N–H and O–H groups in total. The number of rotatable bonds is 1. The van der Waals surface area contributed by atoms with Gasteiger partial charge in [-0.25, -0.2) is 4.99 Å². The maximum Gasteiger partial charge on any atom is 0.0812 e. The monoisotopic (exact) mass is 223 g/mol. The Morgan fingerprint density at radius 1 is 0.941 bits per heavy atom. The quantitative estimate of drug-likeness (QED) is 0.744. The molecule has 0 aromatic heterocycles. The fourth-order valence-electron chi connectivity index (χ4n) is 2.12. The number of nitrogens with zero attached hydrogens (tertiary/aromatic N) is 2. The van der Waals surface area contributed by atoms with Gasteiger partial charge in [-0.15, -0.1) is 0 Å². The summed E-state index contributed by atoms with van der Waals surface area (Å²) in [6.45, 7) is 0. The van der Waals surface area contributed by atoms with Crippen LogP contribution in [0.5, 0.6) is 0 Å². The molecule has 0 aliphatic carbocycles. The molecule has 1 heterocycles. The van der Waals surface area contributed by atoms with E-state index < -0.39 is 0 Å². The van der Waals surface area contributed by atoms with Crippen molar-refractivity contribution in [2.75, 3.05) is 0 Å². The molecule has 1 aliphatic heterocycles. The summed E-state index contributed by atoms with van der Waals surface area (Å²) in [7, 11) is 0. The van der Waals surface area contributed by atoms with Crippen molar-refractivity contribution in [3.63, 3.8) is 0 Å². The summed E-state index contributed by atoms with van der Waals surface area (Å²) in [5.74, 6) is 0. The van der Waals surface area contributed by atoms with Crippen molar-refractivity contribution in [3.8, 4) is 0 Å². The second-order valence-corrected chi connectivity index (χ2v) is 3.98. The van der Waals surface area contributed by atoms with Crippen molar-refractivity contribution in [2.24, 2.45) is 4.99 Å². The predicted octanol–water partition coefficient (Wildman–Crippen LogP) is 3.25. The topological polar surface area (TPSA) is 38.7 Å². The van der Waals surface area contributed by atoms with Crippen LogP contribution in [0.2, 0.25) is 0 Å². The Bertz CT molecular complexity index is 551. The third-order valence-corrected chi connectivity index (χ3v) is 2.91. The van der Waals surface area contributed by atoms with E-state index in [1.807, 2.05) is 54.6 Å². The third kappa shape index (κ3) is 1.70. The Hall–Kier alpha value is -2.13. The molecule has 0 saturated heterocycles. The fourth-order valence-corrected chi connectivity index (χ4v) is 2.12. The Kier molecular flexibility index (Phi) is 2.38. The molecule has 0 bridgehead atoms. The van der Waals surface area contributed by atoms with Crippen LogP contribution in [0.4, 0.5) is 5.69 Å². The highest BCUT2D eigenvalue weighted by atomic mass is 16.5. The minimum atomic E-state index is -0.287. The van der Waals surface area contributed by atoms with Gasteiger partial charge in [0.15, 0.2) is 0 Å². The van der Waals surface area contributed by atoms with E-state index in [1.54, 1.807) is 0 Å². The van der Waals surface area contributed by atoms with E-state index in [9.17, 15) is 5.21 Å². The van der Waals surface area contributed by atoms with Gasteiger partial charge in [-0.2, -0.15) is 0 Å². The highest BCUT2D eigenvalue weighted by Gasteiger charge is 2.20. The zero-order valence-electron chi connectivity index (χ0n) is 9.15. The lowest BCUT2D eigenvalue weighted by Gasteiger charge is -2.38. The number of hydrogen-bond donors (Lipinski definition) is 0. The van der Waals surface area contributed by atoms with Gasteiger partial charge in [-0.05, 0) is 11.6 Å². The molecular formula is C14H11N2O-. The SMILES string of the molecule is [O-]N1C=Nc2ccccc2C1c1ccccc1. The molecule has 1 unspecified atom stereocenters. The van der Waals surface area contributed by atoms with Crippen molar-refractivity contribution in [2.45, 2.75) is 6.04 Å². The molecule has 0 saturated carbocycles. The van der Waals surface area contributed by atoms with E-state index in [1.165, 1.54) is 6.34 Å². The Morgan fingerprint density at radius 3 is 2.47 bits per heavy atom. The summed E-state index contributed by atoms with van der Waals surface area (Å²) in [6.07, 6.45) is 1.35. The number of fused-ring (bicyclic) bond motifs is 1. The van der Waals surface area contributed by atoms with Crippen molar-refractivity contribution in [1.82, 2.24) is 5.06 Å². The minimum Gasteiger partial charge on any atom is -0.757 e. The molecule has 1 aliphatic rings. The standard InChI is InChI=1S/C14H11N2O/c17-16-10-15-13-9-5-4-8-12(13)14(16)11-6-2-1-3-7-11/h1-10,14H/q-1. The Morgan fingerprint density at radius 2 is 1.65 bits per heavy atom. The van der Waals surface area contributed by atoms with E-state index in [0.29, 0.717) is 0 Å². The number of aliphatic imine (C=N–C) groups is 1. The van der Waals surface area contributed by atoms with Crippen molar-refractivity contribution < 1.29 is 0 Å². The summed E-state index contributed by atoms with van der Waals surface area (Å²) < 4.78 is 0. The van der Waals surface area contributed by atoms with Crippen LogP contribution in [-0.2, 0) is 0 Å². The molecular weight excluding hydrogens is 212 g/mol. The van der Waals surface area contributed by atoms with Crippen molar-refractivity contribution >= 4 is 12.0 Å². The highest BCUT2D eigenvalue weighted by Crippen LogP contribution is 2.36. The smallest absolute Gasteiger partial charge is 0.0812 e. The maximum absolute atomic E-state index is 11.9. The van der Waals surface area contributed by atoms with Gasteiger partial charge in [0.1, 0.15) is 0 Å². The van der Waals surface area contributed by atoms with Gasteiger partial charge < -0.3 is 10.3 Å². The van der Waals surface area contributed by atoms with Gasteiger partial charge in [-0.1, -0.05) is 48.5 Å². The average molecular weight is 223 g/mol. The molecule has 3 heteroatoms. The first-order valence-corrected chi connectivity index (χ1v) is 5.50. The van der Waals surface area contributed by atoms with Crippen molar-refractivity contribution in [3.05, 3.63) is 70.9 Å². The maximum atomic E-state index is 11.9. The summed E-state index contributed by atoms with van der Waals surface area (Å²) >= 11 is 0. The molecule has 2 aromatic carbocycles. The molecule has 3 rings (SSSR count).